The minimum absolute atomic E-state index is 0.00888. The van der Waals surface area contributed by atoms with Gasteiger partial charge >= 0.3 is 6.36 Å². The van der Waals surface area contributed by atoms with E-state index in [1.54, 1.807) is 28.5 Å². The van der Waals surface area contributed by atoms with Crippen molar-refractivity contribution in [1.82, 2.24) is 44.7 Å². The zero-order valence-electron chi connectivity index (χ0n) is 28.5. The van der Waals surface area contributed by atoms with E-state index in [-0.39, 0.29) is 79.3 Å². The molecule has 5 aliphatic rings. The molecule has 5 fully saturated rings. The number of nitrogens with one attached hydrogen (secondary N) is 1. The van der Waals surface area contributed by atoms with Gasteiger partial charge in [0, 0.05) is 61.9 Å². The van der Waals surface area contributed by atoms with Crippen molar-refractivity contribution in [2.75, 3.05) is 25.1 Å². The predicted molar refractivity (Wildman–Crippen MR) is 175 cm³/mol. The molecular formula is C33H35F3N10O6. The first-order valence-electron chi connectivity index (χ1n) is 16.9. The molecule has 0 aromatic carbocycles. The number of nitrogens with zero attached hydrogens (tertiary/aromatic N) is 9. The van der Waals surface area contributed by atoms with Crippen LogP contribution in [0, 0.1) is 6.92 Å². The van der Waals surface area contributed by atoms with Crippen molar-refractivity contribution in [3.8, 4) is 17.3 Å². The van der Waals surface area contributed by atoms with Crippen LogP contribution in [-0.4, -0.2) is 106 Å². The highest BCUT2D eigenvalue weighted by atomic mass is 19.4. The van der Waals surface area contributed by atoms with Crippen LogP contribution in [0.2, 0.25) is 0 Å². The fourth-order valence-electron chi connectivity index (χ4n) is 8.39. The zero-order chi connectivity index (χ0) is 36.7. The Kier molecular flexibility index (Phi) is 7.71. The van der Waals surface area contributed by atoms with Crippen LogP contribution in [0.15, 0.2) is 29.5 Å². The molecule has 4 aromatic rings. The van der Waals surface area contributed by atoms with E-state index >= 15 is 0 Å². The Morgan fingerprint density at radius 3 is 2.52 bits per heavy atom. The van der Waals surface area contributed by atoms with Crippen LogP contribution in [0.5, 0.6) is 11.6 Å². The number of carbonyl (C=O) groups is 2. The number of hydrogen-bond acceptors (Lipinski definition) is 12. The first-order chi connectivity index (χ1) is 24.7. The van der Waals surface area contributed by atoms with Gasteiger partial charge in [0.05, 0.1) is 30.1 Å². The number of ether oxygens (including phenoxy) is 2. The number of rotatable bonds is 9. The Balaban J connectivity index is 1.15. The van der Waals surface area contributed by atoms with Crippen molar-refractivity contribution in [3.63, 3.8) is 0 Å². The van der Waals surface area contributed by atoms with Gasteiger partial charge in [0.15, 0.2) is 22.6 Å². The van der Waals surface area contributed by atoms with Gasteiger partial charge in [-0.3, -0.25) is 19.1 Å². The minimum Gasteiger partial charge on any atom is -0.504 e. The maximum absolute atomic E-state index is 14.5. The molecule has 4 aliphatic carbocycles. The van der Waals surface area contributed by atoms with Crippen molar-refractivity contribution < 1.29 is 37.3 Å². The molecule has 1 saturated heterocycles. The Labute approximate surface area is 293 Å². The summed E-state index contributed by atoms with van der Waals surface area (Å²) < 4.78 is 50.0. The van der Waals surface area contributed by atoms with Crippen LogP contribution in [0.25, 0.3) is 16.9 Å². The summed E-state index contributed by atoms with van der Waals surface area (Å²) in [6, 6.07) is 2.71. The number of piperazine rings is 1. The van der Waals surface area contributed by atoms with Crippen molar-refractivity contribution in [2.24, 2.45) is 0 Å². The van der Waals surface area contributed by atoms with Gasteiger partial charge in [0.2, 0.25) is 17.2 Å². The van der Waals surface area contributed by atoms with Gasteiger partial charge in [-0.05, 0) is 32.3 Å². The molecule has 2 N–H and O–H groups in total. The second-order valence-corrected chi connectivity index (χ2v) is 13.9. The molecule has 52 heavy (non-hydrogen) atoms. The van der Waals surface area contributed by atoms with E-state index < -0.39 is 34.7 Å². The van der Waals surface area contributed by atoms with Gasteiger partial charge in [-0.1, -0.05) is 6.92 Å². The fourth-order valence-corrected chi connectivity index (χ4v) is 8.39. The number of alkyl halides is 3. The third-order valence-corrected chi connectivity index (χ3v) is 10.7. The van der Waals surface area contributed by atoms with E-state index in [0.717, 1.165) is 0 Å². The van der Waals surface area contributed by atoms with Crippen LogP contribution in [-0.2, 0) is 22.5 Å². The lowest BCUT2D eigenvalue weighted by atomic mass is 9.46. The molecule has 0 spiro atoms. The van der Waals surface area contributed by atoms with Crippen LogP contribution in [0.1, 0.15) is 60.9 Å². The molecule has 2 atom stereocenters. The summed E-state index contributed by atoms with van der Waals surface area (Å²) in [5, 5.41) is 22.7. The topological polar surface area (TPSA) is 183 Å². The van der Waals surface area contributed by atoms with Gasteiger partial charge < -0.3 is 29.5 Å². The molecule has 4 aromatic heterocycles. The molecule has 5 heterocycles. The molecule has 9 rings (SSSR count). The van der Waals surface area contributed by atoms with Gasteiger partial charge in [-0.25, -0.2) is 15.0 Å². The molecule has 0 unspecified atom stereocenters. The average Bonchev–Trinajstić information content (AvgIpc) is 3.51. The standard InChI is InChI=1S/C33H35F3N10O6/c1-4-19-26(43-9-10-44(21-6-5-20(21)43)30(50)25-27(48)17(2)38-16-39-25)28(49)24-29(42-46(41-24)18-7-8-37-23(11-18)51-3)45(19)12-22(47)40-31-13-32(14-31,15-31)52-33(34,35)36/h7-8,11,16,20-21,48H,4-6,9-10,12-15H2,1-3H3,(H,40,47)/t20-,21-,31?,32?/m0/s1. The van der Waals surface area contributed by atoms with Gasteiger partial charge in [0.25, 0.3) is 5.91 Å². The number of fused-ring (bicyclic) bond motifs is 2. The smallest absolute Gasteiger partial charge is 0.504 e. The molecule has 274 valence electrons. The molecule has 4 saturated carbocycles. The number of hydrogen-bond donors (Lipinski definition) is 2. The third kappa shape index (κ3) is 5.39. The summed E-state index contributed by atoms with van der Waals surface area (Å²) in [5.41, 5.74) is -0.807. The molecule has 1 aliphatic heterocycles. The largest absolute Gasteiger partial charge is 0.523 e. The predicted octanol–water partition coefficient (Wildman–Crippen LogP) is 2.17. The average molecular weight is 725 g/mol. The molecule has 16 nitrogen and oxygen atoms in total. The highest BCUT2D eigenvalue weighted by molar-refractivity contribution is 5.95. The highest BCUT2D eigenvalue weighted by Crippen LogP contribution is 2.64. The van der Waals surface area contributed by atoms with Crippen LogP contribution in [0.3, 0.4) is 0 Å². The van der Waals surface area contributed by atoms with Gasteiger partial charge in [-0.15, -0.1) is 28.2 Å². The normalized spacial score (nSPS) is 24.8. The molecule has 2 amide bonds. The Morgan fingerprint density at radius 2 is 1.85 bits per heavy atom. The number of aromatic nitrogens is 7. The van der Waals surface area contributed by atoms with Crippen molar-refractivity contribution in [1.29, 1.82) is 0 Å². The number of methoxy groups -OCH3 is 1. The summed E-state index contributed by atoms with van der Waals surface area (Å²) in [7, 11) is 1.46. The lowest BCUT2D eigenvalue weighted by Gasteiger charge is -2.69. The van der Waals surface area contributed by atoms with E-state index in [1.165, 1.54) is 24.4 Å². The van der Waals surface area contributed by atoms with Crippen molar-refractivity contribution in [3.05, 3.63) is 52.0 Å². The summed E-state index contributed by atoms with van der Waals surface area (Å²) in [6.07, 6.45) is -0.205. The molecular weight excluding hydrogens is 689 g/mol. The Bertz CT molecular complexity index is 2170. The van der Waals surface area contributed by atoms with Gasteiger partial charge in [0.1, 0.15) is 18.6 Å². The number of pyridine rings is 2. The number of anilines is 1. The first-order valence-corrected chi connectivity index (χ1v) is 16.9. The van der Waals surface area contributed by atoms with Crippen LogP contribution < -0.4 is 20.4 Å². The number of aromatic hydroxyl groups is 1. The lowest BCUT2D eigenvalue weighted by molar-refractivity contribution is -0.418. The summed E-state index contributed by atoms with van der Waals surface area (Å²) in [5.74, 6) is -0.863. The molecule has 19 heteroatoms. The number of amides is 2. The third-order valence-electron chi connectivity index (χ3n) is 10.7. The monoisotopic (exact) mass is 724 g/mol. The SMILES string of the molecule is CCc1c(N2CCN(C(=O)c3ncnc(C)c3O)[C@H]3CC[C@@H]32)c(=O)c2nn(-c3ccnc(OC)c3)nc2n1CC(=O)NC12CC(OC(F)(F)F)(C1)C2. The molecule has 0 radical (unpaired) electrons. The number of halogens is 3. The lowest BCUT2D eigenvalue weighted by Crippen LogP contribution is -2.80. The second kappa shape index (κ2) is 11.9. The minimum atomic E-state index is -4.76. The van der Waals surface area contributed by atoms with Gasteiger partial charge in [-0.2, -0.15) is 0 Å². The van der Waals surface area contributed by atoms with E-state index in [0.29, 0.717) is 42.2 Å². The second-order valence-electron chi connectivity index (χ2n) is 13.9. The summed E-state index contributed by atoms with van der Waals surface area (Å²) in [6.45, 7) is 3.67. The van der Waals surface area contributed by atoms with E-state index in [1.807, 2.05) is 11.8 Å². The Hall–Kier alpha value is -5.33. The highest BCUT2D eigenvalue weighted by Gasteiger charge is 2.72. The quantitative estimate of drug-likeness (QED) is 0.257. The van der Waals surface area contributed by atoms with Crippen LogP contribution >= 0.6 is 0 Å². The molecule has 2 bridgehead atoms. The van der Waals surface area contributed by atoms with Crippen LogP contribution in [0.4, 0.5) is 18.9 Å². The van der Waals surface area contributed by atoms with E-state index in [4.69, 9.17) is 4.74 Å². The Morgan fingerprint density at radius 1 is 1.10 bits per heavy atom. The number of aryl methyl sites for hydroxylation is 1. The zero-order valence-corrected chi connectivity index (χ0v) is 28.5. The number of carbonyl (C=O) groups excluding carboxylic acids is 2. The maximum Gasteiger partial charge on any atom is 0.523 e. The fraction of sp³-hybridized carbons (Fsp3) is 0.515. The van der Waals surface area contributed by atoms with E-state index in [2.05, 4.69) is 35.2 Å². The van der Waals surface area contributed by atoms with E-state index in [9.17, 15) is 32.7 Å². The van der Waals surface area contributed by atoms with Crippen molar-refractivity contribution >= 4 is 28.7 Å². The summed E-state index contributed by atoms with van der Waals surface area (Å²) in [4.78, 5) is 58.8. The maximum atomic E-state index is 14.5. The first kappa shape index (κ1) is 33.8. The summed E-state index contributed by atoms with van der Waals surface area (Å²) >= 11 is 0. The van der Waals surface area contributed by atoms with Crippen molar-refractivity contribution in [2.45, 2.75) is 88.5 Å².